The second-order valence-electron chi connectivity index (χ2n) is 4.90. The molecule has 2 N–H and O–H groups in total. The summed E-state index contributed by atoms with van der Waals surface area (Å²) in [4.78, 5) is 13.9. The van der Waals surface area contributed by atoms with Gasteiger partial charge in [-0.3, -0.25) is 9.78 Å². The van der Waals surface area contributed by atoms with Gasteiger partial charge in [-0.2, -0.15) is 5.10 Å². The lowest BCUT2D eigenvalue weighted by molar-refractivity contribution is 0.414. The number of benzene rings is 1. The fraction of sp³-hybridized carbons (Fsp3) is 0.333. The molecule has 2 rings (SSSR count). The molecule has 2 aromatic rings. The van der Waals surface area contributed by atoms with Crippen LogP contribution in [-0.4, -0.2) is 28.0 Å². The van der Waals surface area contributed by atoms with Crippen molar-refractivity contribution >= 4 is 11.7 Å². The third kappa shape index (κ3) is 4.41. The van der Waals surface area contributed by atoms with E-state index in [2.05, 4.69) is 25.7 Å². The van der Waals surface area contributed by atoms with Crippen LogP contribution in [0.15, 0.2) is 34.2 Å². The minimum absolute atomic E-state index is 0.236. The predicted octanol–water partition coefficient (Wildman–Crippen LogP) is 1.90. The molecule has 0 bridgehead atoms. The predicted molar refractivity (Wildman–Crippen MR) is 85.4 cm³/mol. The van der Waals surface area contributed by atoms with Crippen molar-refractivity contribution in [2.24, 2.45) is 5.10 Å². The van der Waals surface area contributed by atoms with Gasteiger partial charge in [0, 0.05) is 5.71 Å². The van der Waals surface area contributed by atoms with E-state index in [1.165, 1.54) is 5.56 Å². The summed E-state index contributed by atoms with van der Waals surface area (Å²) >= 11 is 0. The molecule has 116 valence electrons. The first-order valence-electron chi connectivity index (χ1n) is 6.94. The zero-order valence-corrected chi connectivity index (χ0v) is 12.9. The van der Waals surface area contributed by atoms with E-state index in [0.717, 1.165) is 24.3 Å². The number of hydrogen-bond donors (Lipinski definition) is 2. The van der Waals surface area contributed by atoms with E-state index in [0.29, 0.717) is 5.69 Å². The van der Waals surface area contributed by atoms with Gasteiger partial charge in [-0.15, -0.1) is 10.2 Å². The van der Waals surface area contributed by atoms with Crippen molar-refractivity contribution in [1.29, 1.82) is 0 Å². The lowest BCUT2D eigenvalue weighted by Gasteiger charge is -2.04. The molecule has 0 fully saturated rings. The van der Waals surface area contributed by atoms with Crippen molar-refractivity contribution in [2.45, 2.75) is 26.7 Å². The number of methoxy groups -OCH3 is 1. The Morgan fingerprint density at radius 2 is 2.05 bits per heavy atom. The van der Waals surface area contributed by atoms with Crippen molar-refractivity contribution < 1.29 is 4.74 Å². The highest BCUT2D eigenvalue weighted by molar-refractivity contribution is 5.82. The summed E-state index contributed by atoms with van der Waals surface area (Å²) in [6.45, 7) is 3.51. The van der Waals surface area contributed by atoms with Crippen molar-refractivity contribution in [2.75, 3.05) is 12.5 Å². The minimum atomic E-state index is -0.274. The zero-order chi connectivity index (χ0) is 15.9. The van der Waals surface area contributed by atoms with Gasteiger partial charge in [0.1, 0.15) is 11.4 Å². The molecule has 22 heavy (non-hydrogen) atoms. The maximum Gasteiger partial charge on any atom is 0.274 e. The number of aromatic nitrogens is 3. The molecule has 0 saturated carbocycles. The molecule has 0 aliphatic carbocycles. The molecule has 0 aliphatic heterocycles. The average Bonchev–Trinajstić information content (AvgIpc) is 2.54. The van der Waals surface area contributed by atoms with Gasteiger partial charge in [-0.25, -0.2) is 5.43 Å². The van der Waals surface area contributed by atoms with Crippen molar-refractivity contribution in [3.05, 3.63) is 45.9 Å². The van der Waals surface area contributed by atoms with E-state index in [1.54, 1.807) is 14.0 Å². The Morgan fingerprint density at radius 3 is 2.68 bits per heavy atom. The van der Waals surface area contributed by atoms with Gasteiger partial charge in [0.25, 0.3) is 5.56 Å². The van der Waals surface area contributed by atoms with E-state index >= 15 is 0 Å². The van der Waals surface area contributed by atoms with Crippen LogP contribution < -0.4 is 15.7 Å². The lowest BCUT2D eigenvalue weighted by Crippen LogP contribution is -2.16. The molecule has 1 aromatic heterocycles. The third-order valence-corrected chi connectivity index (χ3v) is 3.15. The highest BCUT2D eigenvalue weighted by atomic mass is 16.5. The summed E-state index contributed by atoms with van der Waals surface area (Å²) < 4.78 is 5.12. The van der Waals surface area contributed by atoms with Gasteiger partial charge in [-0.1, -0.05) is 12.1 Å². The average molecular weight is 301 g/mol. The van der Waals surface area contributed by atoms with E-state index in [4.69, 9.17) is 4.74 Å². The molecule has 0 amide bonds. The molecule has 1 aromatic carbocycles. The van der Waals surface area contributed by atoms with Crippen molar-refractivity contribution in [3.63, 3.8) is 0 Å². The Bertz CT molecular complexity index is 707. The van der Waals surface area contributed by atoms with Crippen LogP contribution in [0, 0.1) is 6.92 Å². The zero-order valence-electron chi connectivity index (χ0n) is 12.9. The SMILES string of the molecule is COc1ccc(CC/C(C)=N\Nc2nnc(C)c(=O)[nH]2)cc1. The number of H-pyrrole nitrogens is 1. The smallest absolute Gasteiger partial charge is 0.274 e. The Morgan fingerprint density at radius 1 is 1.32 bits per heavy atom. The summed E-state index contributed by atoms with van der Waals surface area (Å²) in [5, 5.41) is 11.7. The van der Waals surface area contributed by atoms with Crippen LogP contribution in [0.5, 0.6) is 5.75 Å². The number of hydrazone groups is 1. The molecular formula is C15H19N5O2. The topological polar surface area (TPSA) is 92.3 Å². The standard InChI is InChI=1S/C15H19N5O2/c1-10(4-5-12-6-8-13(22-3)9-7-12)17-19-15-16-14(21)11(2)18-20-15/h6-9H,4-5H2,1-3H3,(H2,16,19,20,21)/b17-10-. The molecule has 0 radical (unpaired) electrons. The summed E-state index contributed by atoms with van der Waals surface area (Å²) in [5.41, 5.74) is 4.87. The van der Waals surface area contributed by atoms with E-state index in [1.807, 2.05) is 31.2 Å². The minimum Gasteiger partial charge on any atom is -0.497 e. The molecule has 0 atom stereocenters. The van der Waals surface area contributed by atoms with Crippen LogP contribution in [0.25, 0.3) is 0 Å². The maximum atomic E-state index is 11.4. The largest absolute Gasteiger partial charge is 0.497 e. The Hall–Kier alpha value is -2.70. The first kappa shape index (κ1) is 15.7. The van der Waals surface area contributed by atoms with Gasteiger partial charge in [0.2, 0.25) is 5.95 Å². The van der Waals surface area contributed by atoms with E-state index in [-0.39, 0.29) is 11.5 Å². The number of rotatable bonds is 6. The molecule has 0 unspecified atom stereocenters. The fourth-order valence-electron chi connectivity index (χ4n) is 1.77. The maximum absolute atomic E-state index is 11.4. The van der Waals surface area contributed by atoms with Gasteiger partial charge in [0.15, 0.2) is 0 Å². The van der Waals surface area contributed by atoms with Crippen LogP contribution in [-0.2, 0) is 6.42 Å². The molecule has 7 heteroatoms. The summed E-state index contributed by atoms with van der Waals surface area (Å²) in [7, 11) is 1.65. The molecule has 0 spiro atoms. The van der Waals surface area contributed by atoms with Crippen LogP contribution in [0.3, 0.4) is 0 Å². The number of aromatic amines is 1. The molecular weight excluding hydrogens is 282 g/mol. The van der Waals surface area contributed by atoms with Crippen LogP contribution in [0.2, 0.25) is 0 Å². The number of nitrogens with zero attached hydrogens (tertiary/aromatic N) is 3. The summed E-state index contributed by atoms with van der Waals surface area (Å²) in [6, 6.07) is 7.93. The lowest BCUT2D eigenvalue weighted by atomic mass is 10.1. The number of anilines is 1. The summed E-state index contributed by atoms with van der Waals surface area (Å²) in [6.07, 6.45) is 1.67. The second-order valence-corrected chi connectivity index (χ2v) is 4.90. The number of hydrogen-bond acceptors (Lipinski definition) is 6. The Labute approximate surface area is 128 Å². The Kier molecular flexibility index (Phi) is 5.24. The normalized spacial score (nSPS) is 11.3. The molecule has 7 nitrogen and oxygen atoms in total. The van der Waals surface area contributed by atoms with E-state index < -0.39 is 0 Å². The number of ether oxygens (including phenoxy) is 1. The summed E-state index contributed by atoms with van der Waals surface area (Å²) in [5.74, 6) is 1.08. The second kappa shape index (κ2) is 7.35. The number of nitrogens with one attached hydrogen (secondary N) is 2. The Balaban J connectivity index is 1.89. The quantitative estimate of drug-likeness (QED) is 0.628. The molecule has 1 heterocycles. The molecule has 0 aliphatic rings. The van der Waals surface area contributed by atoms with Crippen LogP contribution in [0.4, 0.5) is 5.95 Å². The molecule has 0 saturated heterocycles. The highest BCUT2D eigenvalue weighted by Gasteiger charge is 2.00. The monoisotopic (exact) mass is 301 g/mol. The van der Waals surface area contributed by atoms with Crippen molar-refractivity contribution in [3.8, 4) is 5.75 Å². The highest BCUT2D eigenvalue weighted by Crippen LogP contribution is 2.12. The third-order valence-electron chi connectivity index (χ3n) is 3.15. The number of aryl methyl sites for hydroxylation is 2. The first-order chi connectivity index (χ1) is 10.6. The first-order valence-corrected chi connectivity index (χ1v) is 6.94. The fourth-order valence-corrected chi connectivity index (χ4v) is 1.77. The van der Waals surface area contributed by atoms with Gasteiger partial charge < -0.3 is 4.74 Å². The van der Waals surface area contributed by atoms with Gasteiger partial charge in [-0.05, 0) is 44.4 Å². The van der Waals surface area contributed by atoms with Crippen LogP contribution in [0.1, 0.15) is 24.6 Å². The van der Waals surface area contributed by atoms with Crippen LogP contribution >= 0.6 is 0 Å². The van der Waals surface area contributed by atoms with Gasteiger partial charge in [0.05, 0.1) is 7.11 Å². The van der Waals surface area contributed by atoms with Crippen molar-refractivity contribution in [1.82, 2.24) is 15.2 Å². The van der Waals surface area contributed by atoms with E-state index in [9.17, 15) is 4.79 Å². The van der Waals surface area contributed by atoms with Gasteiger partial charge >= 0.3 is 0 Å².